The summed E-state index contributed by atoms with van der Waals surface area (Å²) >= 11 is 11.5. The summed E-state index contributed by atoms with van der Waals surface area (Å²) in [6, 6.07) is 32.3. The first-order chi connectivity index (χ1) is 27.0. The van der Waals surface area contributed by atoms with Gasteiger partial charge in [0, 0.05) is 11.8 Å². The van der Waals surface area contributed by atoms with Crippen molar-refractivity contribution in [2.45, 2.75) is 72.5 Å². The van der Waals surface area contributed by atoms with Crippen molar-refractivity contribution < 1.29 is 40.8 Å². The second-order valence-electron chi connectivity index (χ2n) is 11.7. The highest BCUT2D eigenvalue weighted by molar-refractivity contribution is 7.53. The van der Waals surface area contributed by atoms with Gasteiger partial charge in [-0.2, -0.15) is 0 Å². The molecule has 14 heteroatoms. The largest absolute Gasteiger partial charge is 0.335 e. The Balaban J connectivity index is 0.000000344. The number of halogens is 2. The Labute approximate surface area is 346 Å². The van der Waals surface area contributed by atoms with Crippen molar-refractivity contribution >= 4 is 47.0 Å². The Kier molecular flexibility index (Phi) is 25.5. The van der Waals surface area contributed by atoms with E-state index in [4.69, 9.17) is 54.9 Å². The Morgan fingerprint density at radius 2 is 0.625 bits per heavy atom. The second-order valence-corrected chi connectivity index (χ2v) is 17.6. The maximum atomic E-state index is 12.7. The van der Waals surface area contributed by atoms with Crippen molar-refractivity contribution in [3.05, 3.63) is 119 Å². The van der Waals surface area contributed by atoms with Crippen molar-refractivity contribution in [3.8, 4) is 22.3 Å². The minimum Gasteiger partial charge on any atom is -0.313 e. The molecule has 0 unspecified atom stereocenters. The molecule has 4 aromatic rings. The van der Waals surface area contributed by atoms with Gasteiger partial charge in [0.1, 0.15) is 0 Å². The molecule has 0 atom stereocenters. The van der Waals surface area contributed by atoms with E-state index >= 15 is 0 Å². The minimum atomic E-state index is -3.12. The number of alkyl halides is 2. The van der Waals surface area contributed by atoms with Crippen molar-refractivity contribution in [3.63, 3.8) is 0 Å². The van der Waals surface area contributed by atoms with E-state index in [9.17, 15) is 9.13 Å². The predicted octanol–water partition coefficient (Wildman–Crippen LogP) is 14.0. The van der Waals surface area contributed by atoms with E-state index < -0.39 is 23.8 Å². The van der Waals surface area contributed by atoms with E-state index in [0.717, 1.165) is 33.4 Å². The lowest BCUT2D eigenvalue weighted by Gasteiger charge is -2.17. The lowest BCUT2D eigenvalue weighted by atomic mass is 10.0. The molecule has 0 fully saturated rings. The van der Waals surface area contributed by atoms with Crippen LogP contribution in [0, 0.1) is 0 Å². The highest BCUT2D eigenvalue weighted by Crippen LogP contribution is 2.52. The van der Waals surface area contributed by atoms with Crippen molar-refractivity contribution in [2.75, 3.05) is 46.2 Å². The topological polar surface area (TPSA) is 98.8 Å². The van der Waals surface area contributed by atoms with Crippen LogP contribution in [0.4, 0.5) is 0 Å². The molecule has 9 nitrogen and oxygen atoms in total. The quantitative estimate of drug-likeness (QED) is 0.0564. The first-order valence-corrected chi connectivity index (χ1v) is 24.6. The predicted molar refractivity (Wildman–Crippen MR) is 234 cm³/mol. The average Bonchev–Trinajstić information content (AvgIpc) is 3.20. The molecule has 4 aromatic carbocycles. The first-order valence-electron chi connectivity index (χ1n) is 19.0. The molecule has 0 heterocycles. The van der Waals surface area contributed by atoms with Gasteiger partial charge in [0.05, 0.1) is 58.6 Å². The molecule has 0 aliphatic heterocycles. The molecule has 0 amide bonds. The fraction of sp³-hybridized carbons (Fsp3) is 0.429. The van der Waals surface area contributed by atoms with Gasteiger partial charge in [0.25, 0.3) is 0 Å². The summed E-state index contributed by atoms with van der Waals surface area (Å²) in [5.41, 5.74) is 8.55. The molecule has 0 aliphatic rings. The summed E-state index contributed by atoms with van der Waals surface area (Å²) in [5, 5.41) is 0. The molecule has 0 saturated carbocycles. The molecule has 56 heavy (non-hydrogen) atoms. The molecular formula is C42H59Cl2O9P3. The van der Waals surface area contributed by atoms with E-state index in [2.05, 4.69) is 48.5 Å². The summed E-state index contributed by atoms with van der Waals surface area (Å²) in [4.78, 5) is 0. The number of rotatable bonds is 22. The Morgan fingerprint density at radius 1 is 0.393 bits per heavy atom. The molecule has 0 N–H and O–H groups in total. The number of benzene rings is 4. The van der Waals surface area contributed by atoms with Gasteiger partial charge in [0.2, 0.25) is 0 Å². The van der Waals surface area contributed by atoms with Crippen LogP contribution >= 0.6 is 47.0 Å². The van der Waals surface area contributed by atoms with Gasteiger partial charge >= 0.3 is 23.8 Å². The van der Waals surface area contributed by atoms with Gasteiger partial charge in [-0.05, 0) is 93.0 Å². The molecule has 0 spiro atoms. The summed E-state index contributed by atoms with van der Waals surface area (Å²) in [6.07, 6.45) is 0.496. The SMILES string of the molecule is CCOP(=O)(Cc1ccc(-c2ccc(CP(=O)(OCC)OCC)cc2)cc1)OCC.CCOP(OCC)OCC.ClCc1ccc(-c2ccc(CCl)cc2)cc1. The van der Waals surface area contributed by atoms with Crippen LogP contribution < -0.4 is 0 Å². The Morgan fingerprint density at radius 3 is 0.821 bits per heavy atom. The zero-order valence-corrected chi connectivity index (χ0v) is 38.0. The van der Waals surface area contributed by atoms with E-state index in [1.54, 1.807) is 27.7 Å². The van der Waals surface area contributed by atoms with Crippen LogP contribution in [0.1, 0.15) is 70.7 Å². The molecule has 4 rings (SSSR count). The summed E-state index contributed by atoms with van der Waals surface area (Å²) < 4.78 is 62.3. The van der Waals surface area contributed by atoms with Crippen LogP contribution in [0.5, 0.6) is 0 Å². The van der Waals surface area contributed by atoms with Crippen LogP contribution in [-0.4, -0.2) is 46.2 Å². The lowest BCUT2D eigenvalue weighted by Crippen LogP contribution is -1.99. The maximum absolute atomic E-state index is 12.7. The van der Waals surface area contributed by atoms with Crippen LogP contribution in [0.15, 0.2) is 97.1 Å². The zero-order valence-electron chi connectivity index (χ0n) is 33.8. The lowest BCUT2D eigenvalue weighted by molar-refractivity contribution is 0.176. The fourth-order valence-corrected chi connectivity index (χ4v) is 9.71. The highest BCUT2D eigenvalue weighted by atomic mass is 35.5. The monoisotopic (exact) mass is 870 g/mol. The van der Waals surface area contributed by atoms with Crippen molar-refractivity contribution in [1.29, 1.82) is 0 Å². The highest BCUT2D eigenvalue weighted by Gasteiger charge is 2.25. The Bertz CT molecular complexity index is 1560. The number of hydrogen-bond acceptors (Lipinski definition) is 9. The fourth-order valence-electron chi connectivity index (χ4n) is 5.10. The molecular weight excluding hydrogens is 812 g/mol. The number of hydrogen-bond donors (Lipinski definition) is 0. The van der Waals surface area contributed by atoms with Gasteiger partial charge in [-0.1, -0.05) is 97.1 Å². The van der Waals surface area contributed by atoms with Crippen LogP contribution in [0.25, 0.3) is 22.3 Å². The molecule has 0 saturated heterocycles. The standard InChI is InChI=1S/C22H32O6P2.C14H12Cl2.C6H15O3P/c1-5-25-29(23,26-6-2)17-19-9-13-21(14-10-19)22-15-11-20(12-16-22)18-30(24,27-7-3)28-8-4;15-9-11-1-5-13(6-2-11)14-7-3-12(10-16)4-8-14;1-4-7-10(8-5-2)9-6-3/h9-16H,5-8,17-18H2,1-4H3;1-8H,9-10H2;4-6H2,1-3H3. The van der Waals surface area contributed by atoms with Gasteiger partial charge in [-0.3, -0.25) is 9.13 Å². The van der Waals surface area contributed by atoms with E-state index in [0.29, 0.717) is 58.0 Å². The van der Waals surface area contributed by atoms with E-state index in [-0.39, 0.29) is 12.3 Å². The average molecular weight is 872 g/mol. The smallest absolute Gasteiger partial charge is 0.313 e. The minimum absolute atomic E-state index is 0.248. The van der Waals surface area contributed by atoms with E-state index in [1.165, 1.54) is 11.1 Å². The van der Waals surface area contributed by atoms with Crippen molar-refractivity contribution in [1.82, 2.24) is 0 Å². The van der Waals surface area contributed by atoms with Crippen molar-refractivity contribution in [2.24, 2.45) is 0 Å². The van der Waals surface area contributed by atoms with Crippen LogP contribution in [-0.2, 0) is 64.9 Å². The van der Waals surface area contributed by atoms with E-state index in [1.807, 2.05) is 69.3 Å². The molecule has 0 aromatic heterocycles. The summed E-state index contributed by atoms with van der Waals surface area (Å²) in [7, 11) is -7.29. The van der Waals surface area contributed by atoms with Gasteiger partial charge in [0.15, 0.2) is 0 Å². The molecule has 0 radical (unpaired) electrons. The summed E-state index contributed by atoms with van der Waals surface area (Å²) in [6.45, 7) is 16.3. The zero-order chi connectivity index (χ0) is 41.2. The second kappa shape index (κ2) is 28.5. The normalized spacial score (nSPS) is 11.5. The first kappa shape index (κ1) is 50.2. The molecule has 0 aliphatic carbocycles. The maximum Gasteiger partial charge on any atom is 0.335 e. The third kappa shape index (κ3) is 18.8. The van der Waals surface area contributed by atoms with Gasteiger partial charge < -0.3 is 31.7 Å². The molecule has 0 bridgehead atoms. The van der Waals surface area contributed by atoms with Gasteiger partial charge in [-0.15, -0.1) is 23.2 Å². The Hall–Kier alpha value is -1.93. The van der Waals surface area contributed by atoms with Gasteiger partial charge in [-0.25, -0.2) is 0 Å². The third-order valence-corrected chi connectivity index (χ3v) is 13.7. The van der Waals surface area contributed by atoms with Crippen LogP contribution in [0.3, 0.4) is 0 Å². The summed E-state index contributed by atoms with van der Waals surface area (Å²) in [5.74, 6) is 1.12. The van der Waals surface area contributed by atoms with Crippen LogP contribution in [0.2, 0.25) is 0 Å². The molecule has 310 valence electrons. The third-order valence-electron chi connectivity index (χ3n) is 7.55.